The normalized spacial score (nSPS) is 20.4. The first-order valence-electron chi connectivity index (χ1n) is 10.6. The molecule has 1 unspecified atom stereocenters. The van der Waals surface area contributed by atoms with Gasteiger partial charge in [0.25, 0.3) is 11.8 Å². The van der Waals surface area contributed by atoms with Crippen molar-refractivity contribution in [1.82, 2.24) is 14.8 Å². The van der Waals surface area contributed by atoms with Crippen molar-refractivity contribution in [3.05, 3.63) is 65.0 Å². The molecular formula is C24H28N4O3. The van der Waals surface area contributed by atoms with Crippen molar-refractivity contribution in [3.8, 4) is 0 Å². The number of hydrogen-bond donors (Lipinski definition) is 0. The summed E-state index contributed by atoms with van der Waals surface area (Å²) in [6.07, 6.45) is 3.71. The number of piperidine rings is 1. The van der Waals surface area contributed by atoms with E-state index >= 15 is 0 Å². The molecule has 31 heavy (non-hydrogen) atoms. The molecule has 0 saturated carbocycles. The highest BCUT2D eigenvalue weighted by atomic mass is 16.7. The summed E-state index contributed by atoms with van der Waals surface area (Å²) < 4.78 is 0. The van der Waals surface area contributed by atoms with Gasteiger partial charge in [0.05, 0.1) is 18.8 Å². The van der Waals surface area contributed by atoms with Crippen molar-refractivity contribution < 1.29 is 14.4 Å². The molecule has 1 aromatic heterocycles. The van der Waals surface area contributed by atoms with Gasteiger partial charge in [-0.05, 0) is 51.0 Å². The summed E-state index contributed by atoms with van der Waals surface area (Å²) in [5, 5.41) is 4.14. The number of benzene rings is 1. The Labute approximate surface area is 182 Å². The van der Waals surface area contributed by atoms with E-state index in [0.29, 0.717) is 37.3 Å². The van der Waals surface area contributed by atoms with Crippen molar-refractivity contribution in [1.29, 1.82) is 0 Å². The summed E-state index contributed by atoms with van der Waals surface area (Å²) in [5.74, 6) is -0.165. The lowest BCUT2D eigenvalue weighted by molar-refractivity contribution is -0.123. The maximum Gasteiger partial charge on any atom is 0.271 e. The van der Waals surface area contributed by atoms with Crippen LogP contribution in [0.3, 0.4) is 0 Å². The fraction of sp³-hybridized carbons (Fsp3) is 0.417. The van der Waals surface area contributed by atoms with Crippen LogP contribution in [-0.4, -0.2) is 58.0 Å². The average molecular weight is 421 g/mol. The lowest BCUT2D eigenvalue weighted by atomic mass is 9.87. The summed E-state index contributed by atoms with van der Waals surface area (Å²) in [5.41, 5.74) is 3.43. The summed E-state index contributed by atoms with van der Waals surface area (Å²) in [7, 11) is 1.74. The van der Waals surface area contributed by atoms with Gasteiger partial charge < -0.3 is 14.6 Å². The molecule has 0 N–H and O–H groups in total. The van der Waals surface area contributed by atoms with Crippen LogP contribution in [0.15, 0.2) is 47.8 Å². The third kappa shape index (κ3) is 4.60. The molecule has 1 saturated heterocycles. The largest absolute Gasteiger partial charge is 0.386 e. The van der Waals surface area contributed by atoms with Crippen LogP contribution in [0.2, 0.25) is 0 Å². The molecule has 7 nitrogen and oxygen atoms in total. The van der Waals surface area contributed by atoms with E-state index in [9.17, 15) is 9.59 Å². The van der Waals surface area contributed by atoms with Crippen LogP contribution >= 0.6 is 0 Å². The van der Waals surface area contributed by atoms with Crippen LogP contribution in [0.25, 0.3) is 0 Å². The van der Waals surface area contributed by atoms with Crippen LogP contribution in [-0.2, 0) is 16.2 Å². The number of pyridine rings is 1. The topological polar surface area (TPSA) is 75.1 Å². The van der Waals surface area contributed by atoms with Crippen molar-refractivity contribution in [2.24, 2.45) is 5.16 Å². The molecule has 2 aliphatic rings. The Morgan fingerprint density at radius 3 is 2.68 bits per heavy atom. The Bertz CT molecular complexity index is 1000. The zero-order valence-corrected chi connectivity index (χ0v) is 18.3. The number of rotatable bonds is 4. The first kappa shape index (κ1) is 21.0. The second kappa shape index (κ2) is 8.49. The van der Waals surface area contributed by atoms with Crippen LogP contribution in [0.4, 0.5) is 0 Å². The smallest absolute Gasteiger partial charge is 0.271 e. The molecule has 1 aromatic carbocycles. The van der Waals surface area contributed by atoms with Gasteiger partial charge in [-0.15, -0.1) is 0 Å². The molecule has 1 spiro atoms. The number of carbonyl (C=O) groups is 2. The van der Waals surface area contributed by atoms with Crippen LogP contribution in [0.5, 0.6) is 0 Å². The summed E-state index contributed by atoms with van der Waals surface area (Å²) in [4.78, 5) is 39.5. The average Bonchev–Trinajstić information content (AvgIpc) is 3.15. The Morgan fingerprint density at radius 1 is 1.19 bits per heavy atom. The number of amides is 2. The maximum absolute atomic E-state index is 13.1. The minimum absolute atomic E-state index is 0.00141. The summed E-state index contributed by atoms with van der Waals surface area (Å²) in [6, 6.07) is 11.5. The van der Waals surface area contributed by atoms with Gasteiger partial charge in [-0.3, -0.25) is 14.6 Å². The Balaban J connectivity index is 1.41. The first-order valence-corrected chi connectivity index (χ1v) is 10.6. The molecule has 0 aliphatic carbocycles. The van der Waals surface area contributed by atoms with Crippen molar-refractivity contribution in [3.63, 3.8) is 0 Å². The van der Waals surface area contributed by atoms with E-state index in [-0.39, 0.29) is 11.8 Å². The molecule has 3 heterocycles. The van der Waals surface area contributed by atoms with Gasteiger partial charge in [0, 0.05) is 31.8 Å². The second-order valence-corrected chi connectivity index (χ2v) is 8.68. The van der Waals surface area contributed by atoms with Crippen LogP contribution < -0.4 is 0 Å². The van der Waals surface area contributed by atoms with E-state index < -0.39 is 5.60 Å². The highest BCUT2D eigenvalue weighted by Gasteiger charge is 2.46. The number of oxime groups is 1. The lowest BCUT2D eigenvalue weighted by Gasteiger charge is -2.38. The molecule has 2 amide bonds. The van der Waals surface area contributed by atoms with Gasteiger partial charge in [-0.2, -0.15) is 0 Å². The SMILES string of the molecule is Cc1cc(C)cc(C(=O)N2CCCC3(CC(C(=O)N(C)Cc4ccccn4)=NO3)C2)c1. The number of likely N-dealkylation sites (tertiary alicyclic amines) is 1. The van der Waals surface area contributed by atoms with Gasteiger partial charge in [-0.1, -0.05) is 28.4 Å². The highest BCUT2D eigenvalue weighted by molar-refractivity contribution is 6.39. The molecule has 162 valence electrons. The van der Waals surface area contributed by atoms with Crippen LogP contribution in [0.1, 0.15) is 46.4 Å². The minimum atomic E-state index is -0.621. The standard InChI is InChI=1S/C24H28N4O3/c1-17-11-18(2)13-19(12-17)22(29)28-10-6-8-24(16-28)14-21(26-31-24)23(30)27(3)15-20-7-4-5-9-25-20/h4-5,7,9,11-13H,6,8,10,14-16H2,1-3H3. The number of hydrogen-bond acceptors (Lipinski definition) is 5. The van der Waals surface area contributed by atoms with Gasteiger partial charge in [0.2, 0.25) is 0 Å². The van der Waals surface area contributed by atoms with Gasteiger partial charge in [0.1, 0.15) is 5.71 Å². The lowest BCUT2D eigenvalue weighted by Crippen LogP contribution is -2.51. The number of aromatic nitrogens is 1. The third-order valence-corrected chi connectivity index (χ3v) is 5.85. The van der Waals surface area contributed by atoms with Crippen LogP contribution in [0, 0.1) is 13.8 Å². The van der Waals surface area contributed by atoms with Crippen molar-refractivity contribution in [2.75, 3.05) is 20.1 Å². The van der Waals surface area contributed by atoms with Gasteiger partial charge in [0.15, 0.2) is 5.60 Å². The van der Waals surface area contributed by atoms with E-state index in [1.807, 2.05) is 49.1 Å². The Hall–Kier alpha value is -3.22. The molecule has 1 fully saturated rings. The first-order chi connectivity index (χ1) is 14.8. The predicted octanol–water partition coefficient (Wildman–Crippen LogP) is 3.11. The zero-order valence-electron chi connectivity index (χ0n) is 18.3. The summed E-state index contributed by atoms with van der Waals surface area (Å²) in [6.45, 7) is 5.51. The molecule has 0 radical (unpaired) electrons. The molecule has 2 aliphatic heterocycles. The molecule has 0 bridgehead atoms. The summed E-state index contributed by atoms with van der Waals surface area (Å²) >= 11 is 0. The number of nitrogens with zero attached hydrogens (tertiary/aromatic N) is 4. The van der Waals surface area contributed by atoms with E-state index in [1.54, 1.807) is 18.1 Å². The van der Waals surface area contributed by atoms with Gasteiger partial charge in [-0.25, -0.2) is 0 Å². The quantitative estimate of drug-likeness (QED) is 0.762. The fourth-order valence-electron chi connectivity index (χ4n) is 4.43. The van der Waals surface area contributed by atoms with E-state index in [1.165, 1.54) is 0 Å². The third-order valence-electron chi connectivity index (χ3n) is 5.85. The maximum atomic E-state index is 13.1. The second-order valence-electron chi connectivity index (χ2n) is 8.68. The zero-order chi connectivity index (χ0) is 22.0. The molecule has 4 rings (SSSR count). The van der Waals surface area contributed by atoms with E-state index in [4.69, 9.17) is 4.84 Å². The van der Waals surface area contributed by atoms with Crippen molar-refractivity contribution in [2.45, 2.75) is 45.3 Å². The Kier molecular flexibility index (Phi) is 5.76. The number of carbonyl (C=O) groups excluding carboxylic acids is 2. The van der Waals surface area contributed by atoms with E-state index in [0.717, 1.165) is 29.7 Å². The molecule has 7 heteroatoms. The highest BCUT2D eigenvalue weighted by Crippen LogP contribution is 2.34. The van der Waals surface area contributed by atoms with Crippen molar-refractivity contribution >= 4 is 17.5 Å². The Morgan fingerprint density at radius 2 is 1.97 bits per heavy atom. The minimum Gasteiger partial charge on any atom is -0.386 e. The number of aryl methyl sites for hydroxylation is 2. The fourth-order valence-corrected chi connectivity index (χ4v) is 4.43. The molecule has 1 atom stereocenters. The monoisotopic (exact) mass is 420 g/mol. The van der Waals surface area contributed by atoms with Gasteiger partial charge >= 0.3 is 0 Å². The predicted molar refractivity (Wildman–Crippen MR) is 118 cm³/mol. The van der Waals surface area contributed by atoms with E-state index in [2.05, 4.69) is 16.2 Å². The molecule has 2 aromatic rings. The molecular weight excluding hydrogens is 392 g/mol.